The minimum Gasteiger partial charge on any atom is -0.497 e. The predicted octanol–water partition coefficient (Wildman–Crippen LogP) is -0.907. The van der Waals surface area contributed by atoms with Gasteiger partial charge in [-0.05, 0) is 25.0 Å². The zero-order valence-electron chi connectivity index (χ0n) is 17.4. The van der Waals surface area contributed by atoms with Crippen LogP contribution in [0, 0.1) is 0 Å². The van der Waals surface area contributed by atoms with Gasteiger partial charge in [-0.3, -0.25) is 14.4 Å². The quantitative estimate of drug-likeness (QED) is 0.474. The third kappa shape index (κ3) is 5.43. The van der Waals surface area contributed by atoms with Gasteiger partial charge in [0.25, 0.3) is 0 Å². The van der Waals surface area contributed by atoms with Crippen molar-refractivity contribution in [3.8, 4) is 5.75 Å². The fraction of sp³-hybridized carbons (Fsp3) is 0.500. The minimum absolute atomic E-state index is 0.00172. The van der Waals surface area contributed by atoms with Crippen LogP contribution >= 0.6 is 0 Å². The SMILES string of the molecule is COc1cccc(NC(=O)N2CCN(C(=O)CN)C[C@@H]2C(=O)N[C@@H]2CCCNC2=O)c1. The van der Waals surface area contributed by atoms with Gasteiger partial charge in [-0.25, -0.2) is 4.79 Å². The molecule has 0 bridgehead atoms. The van der Waals surface area contributed by atoms with Gasteiger partial charge in [0, 0.05) is 31.4 Å². The van der Waals surface area contributed by atoms with Gasteiger partial charge in [0.1, 0.15) is 17.8 Å². The molecule has 2 atom stereocenters. The summed E-state index contributed by atoms with van der Waals surface area (Å²) in [5, 5.41) is 8.20. The molecule has 0 aliphatic carbocycles. The molecule has 5 N–H and O–H groups in total. The molecule has 2 fully saturated rings. The molecule has 3 rings (SSSR count). The van der Waals surface area contributed by atoms with Crippen molar-refractivity contribution in [2.75, 3.05) is 45.2 Å². The predicted molar refractivity (Wildman–Crippen MR) is 112 cm³/mol. The zero-order chi connectivity index (χ0) is 22.4. The number of urea groups is 1. The Morgan fingerprint density at radius 3 is 2.81 bits per heavy atom. The van der Waals surface area contributed by atoms with Crippen molar-refractivity contribution in [2.24, 2.45) is 5.73 Å². The largest absolute Gasteiger partial charge is 0.497 e. The molecular formula is C20H28N6O5. The Labute approximate surface area is 180 Å². The molecule has 5 amide bonds. The maximum Gasteiger partial charge on any atom is 0.322 e. The molecule has 2 saturated heterocycles. The van der Waals surface area contributed by atoms with E-state index in [1.54, 1.807) is 24.3 Å². The van der Waals surface area contributed by atoms with Gasteiger partial charge in [-0.2, -0.15) is 0 Å². The highest BCUT2D eigenvalue weighted by atomic mass is 16.5. The van der Waals surface area contributed by atoms with E-state index >= 15 is 0 Å². The van der Waals surface area contributed by atoms with E-state index in [4.69, 9.17) is 10.5 Å². The number of hydrogen-bond acceptors (Lipinski definition) is 6. The van der Waals surface area contributed by atoms with Gasteiger partial charge < -0.3 is 36.2 Å². The van der Waals surface area contributed by atoms with E-state index in [-0.39, 0.29) is 38.0 Å². The number of piperazine rings is 1. The van der Waals surface area contributed by atoms with Gasteiger partial charge in [-0.15, -0.1) is 0 Å². The average molecular weight is 432 g/mol. The van der Waals surface area contributed by atoms with Crippen LogP contribution in [0.15, 0.2) is 24.3 Å². The van der Waals surface area contributed by atoms with Crippen LogP contribution in [0.25, 0.3) is 0 Å². The van der Waals surface area contributed by atoms with E-state index in [1.807, 2.05) is 0 Å². The molecular weight excluding hydrogens is 404 g/mol. The van der Waals surface area contributed by atoms with Crippen molar-refractivity contribution in [1.82, 2.24) is 20.4 Å². The lowest BCUT2D eigenvalue weighted by molar-refractivity contribution is -0.138. The van der Waals surface area contributed by atoms with Gasteiger partial charge in [0.05, 0.1) is 20.2 Å². The summed E-state index contributed by atoms with van der Waals surface area (Å²) in [7, 11) is 1.52. The Bertz CT molecular complexity index is 847. The van der Waals surface area contributed by atoms with Crippen LogP contribution in [0.4, 0.5) is 10.5 Å². The van der Waals surface area contributed by atoms with E-state index in [0.29, 0.717) is 24.4 Å². The van der Waals surface area contributed by atoms with Gasteiger partial charge in [0.2, 0.25) is 17.7 Å². The molecule has 2 aliphatic heterocycles. The molecule has 1 aromatic carbocycles. The van der Waals surface area contributed by atoms with Crippen LogP contribution in [0.3, 0.4) is 0 Å². The lowest BCUT2D eigenvalue weighted by Gasteiger charge is -2.40. The topological polar surface area (TPSA) is 146 Å². The van der Waals surface area contributed by atoms with Gasteiger partial charge >= 0.3 is 6.03 Å². The van der Waals surface area contributed by atoms with Crippen molar-refractivity contribution in [3.05, 3.63) is 24.3 Å². The summed E-state index contributed by atoms with van der Waals surface area (Å²) >= 11 is 0. The molecule has 31 heavy (non-hydrogen) atoms. The number of rotatable bonds is 5. The lowest BCUT2D eigenvalue weighted by Crippen LogP contribution is -2.64. The Morgan fingerprint density at radius 1 is 1.29 bits per heavy atom. The highest BCUT2D eigenvalue weighted by Crippen LogP contribution is 2.19. The van der Waals surface area contributed by atoms with E-state index in [2.05, 4.69) is 16.0 Å². The first-order valence-electron chi connectivity index (χ1n) is 10.2. The molecule has 2 aliphatic rings. The number of ether oxygens (including phenoxy) is 1. The number of amides is 5. The Morgan fingerprint density at radius 2 is 2.10 bits per heavy atom. The third-order valence-electron chi connectivity index (χ3n) is 5.39. The van der Waals surface area contributed by atoms with Gasteiger partial charge in [0.15, 0.2) is 0 Å². The van der Waals surface area contributed by atoms with Crippen LogP contribution in [-0.2, 0) is 14.4 Å². The van der Waals surface area contributed by atoms with Gasteiger partial charge in [-0.1, -0.05) is 6.07 Å². The number of nitrogens with one attached hydrogen (secondary N) is 3. The number of carbonyl (C=O) groups is 4. The maximum absolute atomic E-state index is 13.0. The molecule has 0 radical (unpaired) electrons. The molecule has 168 valence electrons. The van der Waals surface area contributed by atoms with Crippen molar-refractivity contribution in [3.63, 3.8) is 0 Å². The number of methoxy groups -OCH3 is 1. The van der Waals surface area contributed by atoms with Crippen molar-refractivity contribution >= 4 is 29.4 Å². The normalized spacial score (nSPS) is 21.2. The molecule has 0 saturated carbocycles. The number of nitrogens with two attached hydrogens (primary N) is 1. The number of anilines is 1. The lowest BCUT2D eigenvalue weighted by atomic mass is 10.1. The summed E-state index contributed by atoms with van der Waals surface area (Å²) in [6.45, 7) is 0.797. The zero-order valence-corrected chi connectivity index (χ0v) is 17.4. The third-order valence-corrected chi connectivity index (χ3v) is 5.39. The van der Waals surface area contributed by atoms with Crippen LogP contribution in [0.2, 0.25) is 0 Å². The highest BCUT2D eigenvalue weighted by molar-refractivity contribution is 5.96. The number of carbonyl (C=O) groups excluding carboxylic acids is 4. The number of piperidine rings is 1. The Hall–Kier alpha value is -3.34. The highest BCUT2D eigenvalue weighted by Gasteiger charge is 2.38. The fourth-order valence-electron chi connectivity index (χ4n) is 3.68. The number of benzene rings is 1. The standard InChI is InChI=1S/C20H28N6O5/c1-31-14-5-2-4-13(10-14)23-20(30)26-9-8-25(17(27)11-21)12-16(26)19(29)24-15-6-3-7-22-18(15)28/h2,4-5,10,15-16H,3,6-9,11-12,21H2,1H3,(H,22,28)(H,23,30)(H,24,29)/t15-,16-/m1/s1. The average Bonchev–Trinajstić information content (AvgIpc) is 2.79. The van der Waals surface area contributed by atoms with Crippen molar-refractivity contribution in [2.45, 2.75) is 24.9 Å². The smallest absolute Gasteiger partial charge is 0.322 e. The summed E-state index contributed by atoms with van der Waals surface area (Å²) in [5.41, 5.74) is 5.98. The molecule has 0 unspecified atom stereocenters. The molecule has 1 aromatic rings. The second-order valence-electron chi connectivity index (χ2n) is 7.41. The second kappa shape index (κ2) is 10.1. The fourth-order valence-corrected chi connectivity index (χ4v) is 3.68. The Balaban J connectivity index is 1.75. The van der Waals surface area contributed by atoms with Crippen LogP contribution in [0.1, 0.15) is 12.8 Å². The molecule has 0 aromatic heterocycles. The summed E-state index contributed by atoms with van der Waals surface area (Å²) in [4.78, 5) is 53.0. The molecule has 2 heterocycles. The molecule has 0 spiro atoms. The molecule has 11 nitrogen and oxygen atoms in total. The first-order chi connectivity index (χ1) is 14.9. The number of hydrogen-bond donors (Lipinski definition) is 4. The van der Waals surface area contributed by atoms with Crippen molar-refractivity contribution in [1.29, 1.82) is 0 Å². The van der Waals surface area contributed by atoms with Crippen LogP contribution in [0.5, 0.6) is 5.75 Å². The first kappa shape index (κ1) is 22.3. The summed E-state index contributed by atoms with van der Waals surface area (Å²) in [6, 6.07) is 4.75. The second-order valence-corrected chi connectivity index (χ2v) is 7.41. The van der Waals surface area contributed by atoms with E-state index < -0.39 is 24.0 Å². The van der Waals surface area contributed by atoms with Crippen LogP contribution < -0.4 is 26.4 Å². The van der Waals surface area contributed by atoms with E-state index in [1.165, 1.54) is 16.9 Å². The summed E-state index contributed by atoms with van der Waals surface area (Å²) in [6.07, 6.45) is 1.27. The van der Waals surface area contributed by atoms with Crippen molar-refractivity contribution < 1.29 is 23.9 Å². The minimum atomic E-state index is -0.954. The summed E-state index contributed by atoms with van der Waals surface area (Å²) < 4.78 is 5.17. The van der Waals surface area contributed by atoms with E-state index in [0.717, 1.165) is 6.42 Å². The first-order valence-corrected chi connectivity index (χ1v) is 10.2. The van der Waals surface area contributed by atoms with Crippen LogP contribution in [-0.4, -0.2) is 85.5 Å². The Kier molecular flexibility index (Phi) is 7.29. The summed E-state index contributed by atoms with van der Waals surface area (Å²) in [5.74, 6) is -0.468. The molecule has 11 heteroatoms. The maximum atomic E-state index is 13.0. The van der Waals surface area contributed by atoms with E-state index in [9.17, 15) is 19.2 Å². The monoisotopic (exact) mass is 432 g/mol. The number of nitrogens with zero attached hydrogens (tertiary/aromatic N) is 2.